The van der Waals surface area contributed by atoms with Gasteiger partial charge in [0.05, 0.1) is 10.0 Å². The molecule has 0 radical (unpaired) electrons. The zero-order chi connectivity index (χ0) is 22.9. The molecule has 2 aliphatic rings. The number of carbonyl (C=O) groups is 2. The number of fused-ring (bicyclic) bond motifs is 1. The Morgan fingerprint density at radius 3 is 2.00 bits per heavy atom. The molecule has 2 N–H and O–H groups in total. The van der Waals surface area contributed by atoms with Crippen LogP contribution in [0, 0.1) is 17.6 Å². The van der Waals surface area contributed by atoms with Crippen LogP contribution < -0.4 is 20.1 Å². The summed E-state index contributed by atoms with van der Waals surface area (Å²) in [6.45, 7) is -0.507. The molecule has 4 rings (SSSR count). The number of hydrogen-bond donors (Lipinski definition) is 2. The molecule has 2 aliphatic carbocycles. The summed E-state index contributed by atoms with van der Waals surface area (Å²) in [5.74, 6) is -1.34. The van der Waals surface area contributed by atoms with Gasteiger partial charge < -0.3 is 20.1 Å². The van der Waals surface area contributed by atoms with Gasteiger partial charge in [-0.05, 0) is 43.5 Å². The first kappa shape index (κ1) is 22.6. The van der Waals surface area contributed by atoms with Gasteiger partial charge in [-0.25, -0.2) is 8.78 Å². The summed E-state index contributed by atoms with van der Waals surface area (Å²) < 4.78 is 37.5. The van der Waals surface area contributed by atoms with E-state index in [0.29, 0.717) is 6.42 Å². The Morgan fingerprint density at radius 2 is 1.53 bits per heavy atom. The molecule has 6 nitrogen and oxygen atoms in total. The van der Waals surface area contributed by atoms with Crippen LogP contribution in [0.25, 0.3) is 0 Å². The molecule has 2 saturated carbocycles. The van der Waals surface area contributed by atoms with Gasteiger partial charge in [0.1, 0.15) is 23.1 Å². The summed E-state index contributed by atoms with van der Waals surface area (Å²) in [4.78, 5) is 24.5. The van der Waals surface area contributed by atoms with E-state index in [1.54, 1.807) is 0 Å². The summed E-state index contributed by atoms with van der Waals surface area (Å²) >= 11 is 11.2. The van der Waals surface area contributed by atoms with Crippen molar-refractivity contribution in [2.75, 3.05) is 13.2 Å². The Hall–Kier alpha value is -2.58. The molecule has 0 aromatic heterocycles. The van der Waals surface area contributed by atoms with Gasteiger partial charge in [-0.1, -0.05) is 23.2 Å². The molecular weight excluding hydrogens is 465 g/mol. The van der Waals surface area contributed by atoms with Gasteiger partial charge in [-0.15, -0.1) is 0 Å². The molecule has 2 fully saturated rings. The van der Waals surface area contributed by atoms with E-state index in [1.165, 1.54) is 24.3 Å². The third kappa shape index (κ3) is 4.76. The van der Waals surface area contributed by atoms with Crippen LogP contribution in [0.3, 0.4) is 0 Å². The SMILES string of the molecule is O=C(COc1ccc(Cl)c(F)c1)NC1CC2(NC(=O)COc3ccc(Cl)c(F)c3)CCC12. The Morgan fingerprint density at radius 1 is 0.969 bits per heavy atom. The smallest absolute Gasteiger partial charge is 0.258 e. The van der Waals surface area contributed by atoms with Gasteiger partial charge in [0, 0.05) is 29.6 Å². The van der Waals surface area contributed by atoms with Crippen molar-refractivity contribution in [3.63, 3.8) is 0 Å². The molecule has 170 valence electrons. The third-order valence-electron chi connectivity index (χ3n) is 5.94. The minimum atomic E-state index is -0.622. The standard InChI is InChI=1S/C22H20Cl2F2N2O4/c23-15-3-1-12(7-17(15)25)31-10-20(29)27-19-9-22(6-5-14(19)22)28-21(30)11-32-13-2-4-16(24)18(26)8-13/h1-4,7-8,14,19H,5-6,9-11H2,(H,27,29)(H,28,30). The summed E-state index contributed by atoms with van der Waals surface area (Å²) in [5, 5.41) is 5.82. The van der Waals surface area contributed by atoms with Crippen LogP contribution in [0.2, 0.25) is 10.0 Å². The van der Waals surface area contributed by atoms with Crippen LogP contribution in [0.4, 0.5) is 8.78 Å². The van der Waals surface area contributed by atoms with Crippen LogP contribution in [0.1, 0.15) is 19.3 Å². The highest BCUT2D eigenvalue weighted by molar-refractivity contribution is 6.31. The molecule has 10 heteroatoms. The minimum absolute atomic E-state index is 0.0220. The third-order valence-corrected chi connectivity index (χ3v) is 6.55. The number of hydrogen-bond acceptors (Lipinski definition) is 4. The van der Waals surface area contributed by atoms with Crippen molar-refractivity contribution in [1.29, 1.82) is 0 Å². The Bertz CT molecular complexity index is 1050. The number of rotatable bonds is 8. The van der Waals surface area contributed by atoms with Gasteiger partial charge in [0.2, 0.25) is 0 Å². The van der Waals surface area contributed by atoms with E-state index in [0.717, 1.165) is 25.0 Å². The fourth-order valence-electron chi connectivity index (χ4n) is 4.22. The first-order chi connectivity index (χ1) is 15.3. The monoisotopic (exact) mass is 484 g/mol. The average molecular weight is 485 g/mol. The van der Waals surface area contributed by atoms with E-state index in [4.69, 9.17) is 32.7 Å². The van der Waals surface area contributed by atoms with E-state index in [9.17, 15) is 18.4 Å². The lowest BCUT2D eigenvalue weighted by molar-refractivity contribution is -0.138. The molecule has 0 heterocycles. The summed E-state index contributed by atoms with van der Waals surface area (Å²) in [6.07, 6.45) is 2.28. The van der Waals surface area contributed by atoms with E-state index in [1.807, 2.05) is 0 Å². The predicted molar refractivity (Wildman–Crippen MR) is 114 cm³/mol. The molecule has 0 saturated heterocycles. The molecule has 2 amide bonds. The maximum Gasteiger partial charge on any atom is 0.258 e. The van der Waals surface area contributed by atoms with Crippen molar-refractivity contribution >= 4 is 35.0 Å². The second-order valence-corrected chi connectivity index (χ2v) is 8.77. The van der Waals surface area contributed by atoms with Gasteiger partial charge in [-0.3, -0.25) is 9.59 Å². The Balaban J connectivity index is 1.20. The number of carbonyl (C=O) groups excluding carboxylic acids is 2. The highest BCUT2D eigenvalue weighted by atomic mass is 35.5. The van der Waals surface area contributed by atoms with Crippen molar-refractivity contribution in [2.24, 2.45) is 5.92 Å². The quantitative estimate of drug-likeness (QED) is 0.595. The van der Waals surface area contributed by atoms with E-state index in [2.05, 4.69) is 10.6 Å². The van der Waals surface area contributed by atoms with Crippen molar-refractivity contribution < 1.29 is 27.8 Å². The molecule has 3 atom stereocenters. The molecule has 32 heavy (non-hydrogen) atoms. The molecule has 2 aromatic carbocycles. The lowest BCUT2D eigenvalue weighted by atomic mass is 9.50. The lowest BCUT2D eigenvalue weighted by Crippen LogP contribution is -2.76. The van der Waals surface area contributed by atoms with Crippen molar-refractivity contribution in [3.05, 3.63) is 58.1 Å². The topological polar surface area (TPSA) is 76.7 Å². The Kier molecular flexibility index (Phi) is 6.44. The number of halogens is 4. The first-order valence-corrected chi connectivity index (χ1v) is 10.8. The molecular formula is C22H20Cl2F2N2O4. The molecule has 0 bridgehead atoms. The second kappa shape index (κ2) is 9.11. The van der Waals surface area contributed by atoms with Crippen molar-refractivity contribution in [2.45, 2.75) is 30.8 Å². The van der Waals surface area contributed by atoms with Crippen LogP contribution in [0.15, 0.2) is 36.4 Å². The zero-order valence-electron chi connectivity index (χ0n) is 16.8. The van der Waals surface area contributed by atoms with Crippen LogP contribution in [-0.2, 0) is 9.59 Å². The lowest BCUT2D eigenvalue weighted by Gasteiger charge is -2.63. The number of amides is 2. The first-order valence-electron chi connectivity index (χ1n) is 10.0. The van der Waals surface area contributed by atoms with Crippen LogP contribution in [0.5, 0.6) is 11.5 Å². The van der Waals surface area contributed by atoms with Crippen molar-refractivity contribution in [3.8, 4) is 11.5 Å². The maximum atomic E-state index is 13.5. The second-order valence-electron chi connectivity index (χ2n) is 7.96. The number of nitrogens with one attached hydrogen (secondary N) is 2. The number of ether oxygens (including phenoxy) is 2. The van der Waals surface area contributed by atoms with E-state index in [-0.39, 0.29) is 64.1 Å². The van der Waals surface area contributed by atoms with Crippen LogP contribution >= 0.6 is 23.2 Å². The summed E-state index contributed by atoms with van der Waals surface area (Å²) in [7, 11) is 0. The maximum absolute atomic E-state index is 13.5. The highest BCUT2D eigenvalue weighted by Crippen LogP contribution is 2.53. The zero-order valence-corrected chi connectivity index (χ0v) is 18.3. The minimum Gasteiger partial charge on any atom is -0.484 e. The van der Waals surface area contributed by atoms with Gasteiger partial charge in [-0.2, -0.15) is 0 Å². The predicted octanol–water partition coefficient (Wildman–Crippen LogP) is 3.88. The number of benzene rings is 2. The summed E-state index contributed by atoms with van der Waals surface area (Å²) in [5.41, 5.74) is -0.357. The molecule has 0 aliphatic heterocycles. The fraction of sp³-hybridized carbons (Fsp3) is 0.364. The van der Waals surface area contributed by atoms with Crippen molar-refractivity contribution in [1.82, 2.24) is 10.6 Å². The van der Waals surface area contributed by atoms with Gasteiger partial charge in [0.25, 0.3) is 11.8 Å². The molecule has 2 aromatic rings. The van der Waals surface area contributed by atoms with E-state index < -0.39 is 11.6 Å². The van der Waals surface area contributed by atoms with E-state index >= 15 is 0 Å². The average Bonchev–Trinajstić information content (AvgIpc) is 2.74. The van der Waals surface area contributed by atoms with Crippen LogP contribution in [-0.4, -0.2) is 36.6 Å². The summed E-state index contributed by atoms with van der Waals surface area (Å²) in [6, 6.07) is 7.84. The largest absolute Gasteiger partial charge is 0.484 e. The molecule has 3 unspecified atom stereocenters. The Labute approximate surface area is 193 Å². The highest BCUT2D eigenvalue weighted by Gasteiger charge is 2.61. The van der Waals surface area contributed by atoms with Gasteiger partial charge in [0.15, 0.2) is 13.2 Å². The van der Waals surface area contributed by atoms with Gasteiger partial charge >= 0.3 is 0 Å². The molecule has 0 spiro atoms. The fourth-order valence-corrected chi connectivity index (χ4v) is 4.46. The normalized spacial score (nSPS) is 23.2.